The number of hydrogen-bond donors (Lipinski definition) is 0. The molecule has 118 valence electrons. The summed E-state index contributed by atoms with van der Waals surface area (Å²) in [6.07, 6.45) is 3.48. The summed E-state index contributed by atoms with van der Waals surface area (Å²) in [7, 11) is -0.152. The van der Waals surface area contributed by atoms with Gasteiger partial charge in [0.1, 0.15) is 5.82 Å². The van der Waals surface area contributed by atoms with Crippen molar-refractivity contribution in [2.45, 2.75) is 10.5 Å². The standard InChI is InChI=1S/C14H16ClN3O3S/c1-17-7-6-16-13(17)14(21-2)9-18(10-14)22(19,20)12-5-3-4-11(15)8-12/h3-8H,9-10H2,1-2H3. The molecule has 0 saturated carbocycles. The van der Waals surface area contributed by atoms with Gasteiger partial charge in [-0.15, -0.1) is 0 Å². The zero-order valence-electron chi connectivity index (χ0n) is 12.2. The minimum atomic E-state index is -3.58. The third-order valence-corrected chi connectivity index (χ3v) is 5.94. The predicted octanol–water partition coefficient (Wildman–Crippen LogP) is 1.62. The van der Waals surface area contributed by atoms with Gasteiger partial charge in [-0.05, 0) is 18.2 Å². The van der Waals surface area contributed by atoms with Crippen LogP contribution in [0.2, 0.25) is 5.02 Å². The molecule has 22 heavy (non-hydrogen) atoms. The van der Waals surface area contributed by atoms with E-state index in [1.54, 1.807) is 25.4 Å². The summed E-state index contributed by atoms with van der Waals surface area (Å²) in [6, 6.07) is 6.25. The zero-order valence-corrected chi connectivity index (χ0v) is 13.8. The van der Waals surface area contributed by atoms with Crippen molar-refractivity contribution in [1.29, 1.82) is 0 Å². The predicted molar refractivity (Wildman–Crippen MR) is 82.1 cm³/mol. The molecule has 0 unspecified atom stereocenters. The highest BCUT2D eigenvalue weighted by molar-refractivity contribution is 7.89. The molecule has 0 N–H and O–H groups in total. The van der Waals surface area contributed by atoms with E-state index in [0.29, 0.717) is 10.8 Å². The molecule has 1 saturated heterocycles. The number of aryl methyl sites for hydroxylation is 1. The highest BCUT2D eigenvalue weighted by Crippen LogP contribution is 2.37. The van der Waals surface area contributed by atoms with Crippen LogP contribution in [0.3, 0.4) is 0 Å². The smallest absolute Gasteiger partial charge is 0.243 e. The normalized spacial score (nSPS) is 18.1. The van der Waals surface area contributed by atoms with Crippen molar-refractivity contribution in [1.82, 2.24) is 13.9 Å². The summed E-state index contributed by atoms with van der Waals surface area (Å²) in [6.45, 7) is 0.451. The maximum atomic E-state index is 12.6. The molecular formula is C14H16ClN3O3S. The van der Waals surface area contributed by atoms with Crippen LogP contribution < -0.4 is 0 Å². The van der Waals surface area contributed by atoms with E-state index in [2.05, 4.69) is 4.98 Å². The van der Waals surface area contributed by atoms with Gasteiger partial charge in [0.25, 0.3) is 0 Å². The molecule has 0 spiro atoms. The molecule has 0 radical (unpaired) electrons. The molecule has 0 atom stereocenters. The minimum Gasteiger partial charge on any atom is -0.367 e. The number of imidazole rings is 1. The highest BCUT2D eigenvalue weighted by atomic mass is 35.5. The van der Waals surface area contributed by atoms with Crippen molar-refractivity contribution in [3.05, 3.63) is 47.5 Å². The summed E-state index contributed by atoms with van der Waals surface area (Å²) < 4.78 is 34.0. The Bertz CT molecular complexity index is 797. The largest absolute Gasteiger partial charge is 0.367 e. The van der Waals surface area contributed by atoms with Crippen LogP contribution in [-0.2, 0) is 27.4 Å². The number of methoxy groups -OCH3 is 1. The second-order valence-electron chi connectivity index (χ2n) is 5.29. The average Bonchev–Trinajstić information content (AvgIpc) is 2.85. The second kappa shape index (κ2) is 5.34. The van der Waals surface area contributed by atoms with Gasteiger partial charge >= 0.3 is 0 Å². The summed E-state index contributed by atoms with van der Waals surface area (Å²) in [5, 5.41) is 0.392. The van der Waals surface area contributed by atoms with Gasteiger partial charge in [0.05, 0.1) is 18.0 Å². The molecular weight excluding hydrogens is 326 g/mol. The molecule has 1 aliphatic rings. The lowest BCUT2D eigenvalue weighted by atomic mass is 9.95. The lowest BCUT2D eigenvalue weighted by Gasteiger charge is -2.47. The van der Waals surface area contributed by atoms with Crippen molar-refractivity contribution in [3.63, 3.8) is 0 Å². The van der Waals surface area contributed by atoms with Gasteiger partial charge in [-0.25, -0.2) is 13.4 Å². The molecule has 2 heterocycles. The van der Waals surface area contributed by atoms with Gasteiger partial charge < -0.3 is 9.30 Å². The maximum Gasteiger partial charge on any atom is 0.243 e. The Morgan fingerprint density at radius 3 is 2.64 bits per heavy atom. The Labute approximate surface area is 134 Å². The number of aromatic nitrogens is 2. The Hall–Kier alpha value is -1.41. The summed E-state index contributed by atoms with van der Waals surface area (Å²) in [4.78, 5) is 4.46. The van der Waals surface area contributed by atoms with E-state index in [1.807, 2.05) is 17.8 Å². The number of benzene rings is 1. The van der Waals surface area contributed by atoms with Crippen LogP contribution in [0.25, 0.3) is 0 Å². The number of halogens is 1. The Morgan fingerprint density at radius 1 is 1.36 bits per heavy atom. The van der Waals surface area contributed by atoms with Crippen LogP contribution >= 0.6 is 11.6 Å². The molecule has 0 aliphatic carbocycles. The van der Waals surface area contributed by atoms with Gasteiger partial charge in [0.15, 0.2) is 5.60 Å². The summed E-state index contributed by atoms with van der Waals surface area (Å²) in [5.41, 5.74) is -0.704. The Balaban J connectivity index is 1.87. The van der Waals surface area contributed by atoms with E-state index >= 15 is 0 Å². The van der Waals surface area contributed by atoms with Crippen molar-refractivity contribution in [2.75, 3.05) is 20.2 Å². The zero-order chi connectivity index (χ0) is 16.0. The van der Waals surface area contributed by atoms with Crippen molar-refractivity contribution >= 4 is 21.6 Å². The summed E-state index contributed by atoms with van der Waals surface area (Å²) in [5.74, 6) is 0.715. The van der Waals surface area contributed by atoms with Crippen LogP contribution in [-0.4, -0.2) is 42.5 Å². The summed E-state index contributed by atoms with van der Waals surface area (Å²) >= 11 is 5.88. The first-order valence-corrected chi connectivity index (χ1v) is 8.49. The first-order valence-electron chi connectivity index (χ1n) is 6.68. The van der Waals surface area contributed by atoms with Gasteiger partial charge in [0, 0.05) is 31.6 Å². The second-order valence-corrected chi connectivity index (χ2v) is 7.67. The Morgan fingerprint density at radius 2 is 2.09 bits per heavy atom. The molecule has 1 aromatic heterocycles. The molecule has 0 bridgehead atoms. The van der Waals surface area contributed by atoms with Gasteiger partial charge in [-0.2, -0.15) is 4.31 Å². The number of nitrogens with zero attached hydrogens (tertiary/aromatic N) is 3. The average molecular weight is 342 g/mol. The molecule has 6 nitrogen and oxygen atoms in total. The van der Waals surface area contributed by atoms with E-state index in [1.165, 1.54) is 16.4 Å². The molecule has 2 aromatic rings. The van der Waals surface area contributed by atoms with E-state index in [9.17, 15) is 8.42 Å². The van der Waals surface area contributed by atoms with Crippen LogP contribution in [0.5, 0.6) is 0 Å². The number of rotatable bonds is 4. The topological polar surface area (TPSA) is 64.4 Å². The van der Waals surface area contributed by atoms with E-state index < -0.39 is 15.6 Å². The van der Waals surface area contributed by atoms with Crippen molar-refractivity contribution < 1.29 is 13.2 Å². The number of sulfonamides is 1. The lowest BCUT2D eigenvalue weighted by Crippen LogP contribution is -2.62. The third-order valence-electron chi connectivity index (χ3n) is 3.92. The highest BCUT2D eigenvalue weighted by Gasteiger charge is 2.52. The molecule has 8 heteroatoms. The number of ether oxygens (including phenoxy) is 1. The molecule has 1 aliphatic heterocycles. The van der Waals surface area contributed by atoms with Crippen molar-refractivity contribution in [3.8, 4) is 0 Å². The molecule has 0 amide bonds. The lowest BCUT2D eigenvalue weighted by molar-refractivity contribution is -0.106. The Kier molecular flexibility index (Phi) is 3.76. The van der Waals surface area contributed by atoms with Crippen LogP contribution in [0.1, 0.15) is 5.82 Å². The van der Waals surface area contributed by atoms with Crippen molar-refractivity contribution in [2.24, 2.45) is 7.05 Å². The first kappa shape index (κ1) is 15.5. The van der Waals surface area contributed by atoms with Crippen LogP contribution in [0, 0.1) is 0 Å². The maximum absolute atomic E-state index is 12.6. The fourth-order valence-corrected chi connectivity index (χ4v) is 4.47. The minimum absolute atomic E-state index is 0.185. The van der Waals surface area contributed by atoms with Gasteiger partial charge in [-0.1, -0.05) is 17.7 Å². The first-order chi connectivity index (χ1) is 10.4. The van der Waals surface area contributed by atoms with E-state index in [0.717, 1.165) is 0 Å². The molecule has 1 aromatic carbocycles. The fourth-order valence-electron chi connectivity index (χ4n) is 2.64. The van der Waals surface area contributed by atoms with Crippen LogP contribution in [0.15, 0.2) is 41.6 Å². The van der Waals surface area contributed by atoms with E-state index in [4.69, 9.17) is 16.3 Å². The number of hydrogen-bond acceptors (Lipinski definition) is 4. The monoisotopic (exact) mass is 341 g/mol. The SMILES string of the molecule is COC1(c2nccn2C)CN(S(=O)(=O)c2cccc(Cl)c2)C1. The quantitative estimate of drug-likeness (QED) is 0.847. The fraction of sp³-hybridized carbons (Fsp3) is 0.357. The van der Waals surface area contributed by atoms with E-state index in [-0.39, 0.29) is 18.0 Å². The van der Waals surface area contributed by atoms with Gasteiger partial charge in [-0.3, -0.25) is 0 Å². The third kappa shape index (κ3) is 2.34. The molecule has 1 fully saturated rings. The molecule has 3 rings (SSSR count). The van der Waals surface area contributed by atoms with Gasteiger partial charge in [0.2, 0.25) is 10.0 Å². The van der Waals surface area contributed by atoms with Crippen LogP contribution in [0.4, 0.5) is 0 Å².